The third-order valence-corrected chi connectivity index (χ3v) is 5.93. The van der Waals surface area contributed by atoms with E-state index in [1.807, 2.05) is 0 Å². The van der Waals surface area contributed by atoms with Gasteiger partial charge in [-0.3, -0.25) is 4.90 Å². The van der Waals surface area contributed by atoms with Crippen molar-refractivity contribution in [2.75, 3.05) is 32.8 Å². The molecule has 2 heterocycles. The predicted octanol–water partition coefficient (Wildman–Crippen LogP) is 2.80. The van der Waals surface area contributed by atoms with Gasteiger partial charge in [-0.1, -0.05) is 26.2 Å². The van der Waals surface area contributed by atoms with E-state index in [2.05, 4.69) is 17.1 Å². The first kappa shape index (κ1) is 14.8. The molecule has 3 nitrogen and oxygen atoms in total. The van der Waals surface area contributed by atoms with Crippen LogP contribution in [-0.4, -0.2) is 49.3 Å². The molecule has 1 N–H and O–H groups in total. The molecule has 2 saturated heterocycles. The van der Waals surface area contributed by atoms with Crippen molar-refractivity contribution in [2.24, 2.45) is 5.92 Å². The van der Waals surface area contributed by atoms with Crippen molar-refractivity contribution in [2.45, 2.75) is 69.9 Å². The van der Waals surface area contributed by atoms with Crippen LogP contribution in [0.3, 0.4) is 0 Å². The highest BCUT2D eigenvalue weighted by Crippen LogP contribution is 2.36. The van der Waals surface area contributed by atoms with Crippen molar-refractivity contribution in [3.05, 3.63) is 0 Å². The number of nitrogens with zero attached hydrogens (tertiary/aromatic N) is 1. The number of hydrogen-bond donors (Lipinski definition) is 1. The van der Waals surface area contributed by atoms with Crippen LogP contribution in [0.4, 0.5) is 0 Å². The number of ether oxygens (including phenoxy) is 1. The standard InChI is InChI=1S/C17H32N2O/c1-2-16-13-19(12-15-6-10-20-11-7-15)17(14-18-16)8-4-3-5-9-17/h15-16,18H,2-14H2,1H3. The summed E-state index contributed by atoms with van der Waals surface area (Å²) in [6.45, 7) is 8.12. The fraction of sp³-hybridized carbons (Fsp3) is 1.00. The van der Waals surface area contributed by atoms with Crippen LogP contribution in [0.15, 0.2) is 0 Å². The van der Waals surface area contributed by atoms with Gasteiger partial charge in [-0.15, -0.1) is 0 Å². The topological polar surface area (TPSA) is 24.5 Å². The number of piperazine rings is 1. The van der Waals surface area contributed by atoms with Crippen LogP contribution < -0.4 is 5.32 Å². The van der Waals surface area contributed by atoms with E-state index in [-0.39, 0.29) is 0 Å². The lowest BCUT2D eigenvalue weighted by Gasteiger charge is -2.53. The molecule has 3 fully saturated rings. The van der Waals surface area contributed by atoms with Gasteiger partial charge in [0.05, 0.1) is 0 Å². The molecule has 0 radical (unpaired) electrons. The van der Waals surface area contributed by atoms with Crippen LogP contribution in [0.5, 0.6) is 0 Å². The Balaban J connectivity index is 1.67. The highest BCUT2D eigenvalue weighted by molar-refractivity contribution is 5.00. The molecular weight excluding hydrogens is 248 g/mol. The number of rotatable bonds is 3. The van der Waals surface area contributed by atoms with E-state index in [1.54, 1.807) is 0 Å². The zero-order valence-electron chi connectivity index (χ0n) is 13.2. The molecule has 0 aromatic carbocycles. The predicted molar refractivity (Wildman–Crippen MR) is 83.0 cm³/mol. The van der Waals surface area contributed by atoms with Gasteiger partial charge in [-0.2, -0.15) is 0 Å². The molecule has 1 saturated carbocycles. The SMILES string of the molecule is CCC1CN(CC2CCOCC2)C2(CCCCC2)CN1. The van der Waals surface area contributed by atoms with E-state index in [9.17, 15) is 0 Å². The van der Waals surface area contributed by atoms with Crippen molar-refractivity contribution in [1.82, 2.24) is 10.2 Å². The molecular formula is C17H32N2O. The molecule has 0 aromatic rings. The Hall–Kier alpha value is -0.120. The summed E-state index contributed by atoms with van der Waals surface area (Å²) in [7, 11) is 0. The fourth-order valence-electron chi connectivity index (χ4n) is 4.46. The van der Waals surface area contributed by atoms with Crippen LogP contribution in [-0.2, 0) is 4.74 Å². The Morgan fingerprint density at radius 2 is 1.90 bits per heavy atom. The molecule has 0 bridgehead atoms. The molecule has 1 aliphatic carbocycles. The Labute approximate surface area is 124 Å². The first-order valence-corrected chi connectivity index (χ1v) is 8.88. The normalized spacial score (nSPS) is 32.5. The molecule has 1 spiro atoms. The van der Waals surface area contributed by atoms with Crippen LogP contribution in [0, 0.1) is 5.92 Å². The molecule has 0 aromatic heterocycles. The van der Waals surface area contributed by atoms with Crippen LogP contribution in [0.1, 0.15) is 58.3 Å². The first-order valence-electron chi connectivity index (χ1n) is 8.88. The van der Waals surface area contributed by atoms with Crippen molar-refractivity contribution in [3.8, 4) is 0 Å². The molecule has 20 heavy (non-hydrogen) atoms. The maximum Gasteiger partial charge on any atom is 0.0469 e. The molecule has 3 aliphatic rings. The van der Waals surface area contributed by atoms with E-state index in [0.717, 1.165) is 19.1 Å². The molecule has 3 heteroatoms. The average Bonchev–Trinajstić information content (AvgIpc) is 2.52. The van der Waals surface area contributed by atoms with Gasteiger partial charge in [-0.25, -0.2) is 0 Å². The van der Waals surface area contributed by atoms with E-state index in [1.165, 1.54) is 71.0 Å². The zero-order chi connectivity index (χ0) is 13.8. The van der Waals surface area contributed by atoms with Gasteiger partial charge < -0.3 is 10.1 Å². The van der Waals surface area contributed by atoms with E-state index in [0.29, 0.717) is 11.6 Å². The minimum absolute atomic E-state index is 0.488. The van der Waals surface area contributed by atoms with Crippen LogP contribution >= 0.6 is 0 Å². The van der Waals surface area contributed by atoms with Gasteiger partial charge in [0, 0.05) is 44.4 Å². The second-order valence-electron chi connectivity index (χ2n) is 7.23. The summed E-state index contributed by atoms with van der Waals surface area (Å²) in [5.74, 6) is 0.873. The van der Waals surface area contributed by atoms with Crippen molar-refractivity contribution in [1.29, 1.82) is 0 Å². The Morgan fingerprint density at radius 3 is 2.60 bits per heavy atom. The maximum absolute atomic E-state index is 5.54. The van der Waals surface area contributed by atoms with E-state index < -0.39 is 0 Å². The maximum atomic E-state index is 5.54. The minimum Gasteiger partial charge on any atom is -0.381 e. The average molecular weight is 280 g/mol. The first-order chi connectivity index (χ1) is 9.82. The smallest absolute Gasteiger partial charge is 0.0469 e. The van der Waals surface area contributed by atoms with E-state index >= 15 is 0 Å². The molecule has 1 unspecified atom stereocenters. The minimum atomic E-state index is 0.488. The van der Waals surface area contributed by atoms with Gasteiger partial charge in [0.1, 0.15) is 0 Å². The lowest BCUT2D eigenvalue weighted by atomic mass is 9.77. The summed E-state index contributed by atoms with van der Waals surface area (Å²) in [5.41, 5.74) is 0.488. The quantitative estimate of drug-likeness (QED) is 0.860. The second kappa shape index (κ2) is 6.76. The van der Waals surface area contributed by atoms with E-state index in [4.69, 9.17) is 4.74 Å². The largest absolute Gasteiger partial charge is 0.381 e. The third-order valence-electron chi connectivity index (χ3n) is 5.93. The van der Waals surface area contributed by atoms with Crippen molar-refractivity contribution in [3.63, 3.8) is 0 Å². The summed E-state index contributed by atoms with van der Waals surface area (Å²) < 4.78 is 5.54. The molecule has 3 rings (SSSR count). The number of hydrogen-bond acceptors (Lipinski definition) is 3. The highest BCUT2D eigenvalue weighted by atomic mass is 16.5. The molecule has 0 amide bonds. The molecule has 2 aliphatic heterocycles. The summed E-state index contributed by atoms with van der Waals surface area (Å²) >= 11 is 0. The van der Waals surface area contributed by atoms with Crippen molar-refractivity contribution < 1.29 is 4.74 Å². The van der Waals surface area contributed by atoms with Gasteiger partial charge in [-0.05, 0) is 38.0 Å². The van der Waals surface area contributed by atoms with Gasteiger partial charge in [0.2, 0.25) is 0 Å². The summed E-state index contributed by atoms with van der Waals surface area (Å²) in [6.07, 6.45) is 11.0. The lowest BCUT2D eigenvalue weighted by molar-refractivity contribution is -0.0203. The van der Waals surface area contributed by atoms with Gasteiger partial charge in [0.25, 0.3) is 0 Å². The van der Waals surface area contributed by atoms with Gasteiger partial charge >= 0.3 is 0 Å². The fourth-order valence-corrected chi connectivity index (χ4v) is 4.46. The molecule has 1 atom stereocenters. The summed E-state index contributed by atoms with van der Waals surface area (Å²) in [6, 6.07) is 0.711. The van der Waals surface area contributed by atoms with Crippen LogP contribution in [0.25, 0.3) is 0 Å². The zero-order valence-corrected chi connectivity index (χ0v) is 13.2. The Bertz CT molecular complexity index is 295. The Kier molecular flexibility index (Phi) is 5.00. The monoisotopic (exact) mass is 280 g/mol. The number of nitrogens with one attached hydrogen (secondary N) is 1. The van der Waals surface area contributed by atoms with Crippen molar-refractivity contribution >= 4 is 0 Å². The summed E-state index contributed by atoms with van der Waals surface area (Å²) in [4.78, 5) is 2.90. The highest BCUT2D eigenvalue weighted by Gasteiger charge is 2.42. The molecule has 116 valence electrons. The van der Waals surface area contributed by atoms with Gasteiger partial charge in [0.15, 0.2) is 0 Å². The third kappa shape index (κ3) is 3.20. The van der Waals surface area contributed by atoms with Crippen LogP contribution in [0.2, 0.25) is 0 Å². The summed E-state index contributed by atoms with van der Waals surface area (Å²) in [5, 5.41) is 3.83. The Morgan fingerprint density at radius 1 is 1.15 bits per heavy atom. The lowest BCUT2D eigenvalue weighted by Crippen LogP contribution is -2.65. The second-order valence-corrected chi connectivity index (χ2v) is 7.23.